The summed E-state index contributed by atoms with van der Waals surface area (Å²) in [6.45, 7) is 0. The van der Waals surface area contributed by atoms with Gasteiger partial charge in [-0.2, -0.15) is 0 Å². The van der Waals surface area contributed by atoms with Gasteiger partial charge in [-0.1, -0.05) is 35.2 Å². The van der Waals surface area contributed by atoms with Crippen molar-refractivity contribution in [1.82, 2.24) is 15.2 Å². The number of nitrogens with zero attached hydrogens (tertiary/aromatic N) is 3. The predicted octanol–water partition coefficient (Wildman–Crippen LogP) is 4.38. The van der Waals surface area contributed by atoms with Gasteiger partial charge in [0.15, 0.2) is 4.34 Å². The van der Waals surface area contributed by atoms with Crippen molar-refractivity contribution in [2.75, 3.05) is 5.32 Å². The van der Waals surface area contributed by atoms with Crippen LogP contribution >= 0.6 is 39.0 Å². The molecule has 1 N–H and O–H groups in total. The fraction of sp³-hybridized carbons (Fsp3) is 0.0667. The molecule has 0 spiro atoms. The summed E-state index contributed by atoms with van der Waals surface area (Å²) in [5.41, 5.74) is 1.42. The van der Waals surface area contributed by atoms with Gasteiger partial charge in [-0.25, -0.2) is 4.39 Å². The van der Waals surface area contributed by atoms with Gasteiger partial charge in [0.25, 0.3) is 5.91 Å². The summed E-state index contributed by atoms with van der Waals surface area (Å²) < 4.78 is 14.3. The van der Waals surface area contributed by atoms with Gasteiger partial charge in [0.2, 0.25) is 5.13 Å². The number of aromatic nitrogens is 3. The minimum Gasteiger partial charge on any atom is -0.296 e. The first kappa shape index (κ1) is 17.0. The zero-order valence-corrected chi connectivity index (χ0v) is 15.3. The van der Waals surface area contributed by atoms with Gasteiger partial charge in [0.1, 0.15) is 5.82 Å². The van der Waals surface area contributed by atoms with Crippen molar-refractivity contribution in [3.8, 4) is 0 Å². The fourth-order valence-corrected chi connectivity index (χ4v) is 3.82. The first-order valence-corrected chi connectivity index (χ1v) is 9.32. The third-order valence-electron chi connectivity index (χ3n) is 2.87. The SMILES string of the molecule is O=C(Nc1nnc(SCc2ccc(F)cc2)s1)c1cncc(Br)c1. The van der Waals surface area contributed by atoms with E-state index in [4.69, 9.17) is 0 Å². The average Bonchev–Trinajstić information content (AvgIpc) is 3.02. The standard InChI is InChI=1S/C15H10BrFN4OS2/c16-11-5-10(6-18-7-11)13(22)19-14-20-21-15(24-14)23-8-9-1-3-12(17)4-2-9/h1-7H,8H2,(H,19,20,22). The molecular weight excluding hydrogens is 415 g/mol. The van der Waals surface area contributed by atoms with E-state index in [2.05, 4.69) is 36.4 Å². The molecule has 1 aromatic carbocycles. The maximum absolute atomic E-state index is 12.9. The van der Waals surface area contributed by atoms with E-state index in [-0.39, 0.29) is 11.7 Å². The molecule has 0 unspecified atom stereocenters. The number of thioether (sulfide) groups is 1. The van der Waals surface area contributed by atoms with Crippen molar-refractivity contribution in [3.05, 3.63) is 64.1 Å². The Morgan fingerprint density at radius 1 is 1.25 bits per heavy atom. The lowest BCUT2D eigenvalue weighted by Crippen LogP contribution is -2.11. The molecule has 5 nitrogen and oxygen atoms in total. The van der Waals surface area contributed by atoms with Crippen LogP contribution < -0.4 is 5.32 Å². The minimum atomic E-state index is -0.296. The first-order valence-electron chi connectivity index (χ1n) is 6.73. The van der Waals surface area contributed by atoms with Gasteiger partial charge in [0, 0.05) is 22.6 Å². The van der Waals surface area contributed by atoms with Crippen LogP contribution in [-0.4, -0.2) is 21.1 Å². The second-order valence-corrected chi connectivity index (χ2v) is 7.75. The molecule has 9 heteroatoms. The van der Waals surface area contributed by atoms with Crippen molar-refractivity contribution in [2.24, 2.45) is 0 Å². The van der Waals surface area contributed by atoms with Gasteiger partial charge in [-0.15, -0.1) is 10.2 Å². The molecular formula is C15H10BrFN4OS2. The van der Waals surface area contributed by atoms with Crippen LogP contribution in [0.25, 0.3) is 0 Å². The van der Waals surface area contributed by atoms with E-state index in [1.54, 1.807) is 24.4 Å². The highest BCUT2D eigenvalue weighted by molar-refractivity contribution is 9.10. The Hall–Kier alpha value is -1.84. The molecule has 1 amide bonds. The number of hydrogen-bond donors (Lipinski definition) is 1. The van der Waals surface area contributed by atoms with E-state index in [1.807, 2.05) is 0 Å². The van der Waals surface area contributed by atoms with E-state index in [0.717, 1.165) is 14.4 Å². The molecule has 0 radical (unpaired) electrons. The second-order valence-electron chi connectivity index (χ2n) is 4.63. The van der Waals surface area contributed by atoms with Crippen LogP contribution in [0.5, 0.6) is 0 Å². The lowest BCUT2D eigenvalue weighted by molar-refractivity contribution is 0.102. The molecule has 122 valence electrons. The highest BCUT2D eigenvalue weighted by Crippen LogP contribution is 2.28. The van der Waals surface area contributed by atoms with E-state index >= 15 is 0 Å². The Labute approximate surface area is 153 Å². The molecule has 0 aliphatic carbocycles. The smallest absolute Gasteiger partial charge is 0.259 e. The summed E-state index contributed by atoms with van der Waals surface area (Å²) in [6.07, 6.45) is 3.08. The number of rotatable bonds is 5. The Bertz CT molecular complexity index is 857. The zero-order chi connectivity index (χ0) is 16.9. The maximum Gasteiger partial charge on any atom is 0.259 e. The van der Waals surface area contributed by atoms with Gasteiger partial charge in [-0.05, 0) is 39.7 Å². The second kappa shape index (κ2) is 7.82. The molecule has 2 aromatic heterocycles. The largest absolute Gasteiger partial charge is 0.296 e. The lowest BCUT2D eigenvalue weighted by Gasteiger charge is -2.00. The Kier molecular flexibility index (Phi) is 5.54. The number of carbonyl (C=O) groups is 1. The summed E-state index contributed by atoms with van der Waals surface area (Å²) in [6, 6.07) is 7.98. The summed E-state index contributed by atoms with van der Waals surface area (Å²) >= 11 is 6.03. The molecule has 24 heavy (non-hydrogen) atoms. The number of pyridine rings is 1. The maximum atomic E-state index is 12.9. The number of halogens is 2. The Morgan fingerprint density at radius 2 is 2.04 bits per heavy atom. The lowest BCUT2D eigenvalue weighted by atomic mass is 10.2. The molecule has 0 aliphatic heterocycles. The number of anilines is 1. The molecule has 0 fully saturated rings. The van der Waals surface area contributed by atoms with Gasteiger partial charge < -0.3 is 0 Å². The quantitative estimate of drug-likeness (QED) is 0.486. The van der Waals surface area contributed by atoms with E-state index in [1.165, 1.54) is 41.4 Å². The molecule has 0 saturated carbocycles. The van der Waals surface area contributed by atoms with Gasteiger partial charge in [-0.3, -0.25) is 15.1 Å². The van der Waals surface area contributed by atoms with Crippen molar-refractivity contribution in [1.29, 1.82) is 0 Å². The molecule has 0 bridgehead atoms. The van der Waals surface area contributed by atoms with Crippen molar-refractivity contribution < 1.29 is 9.18 Å². The summed E-state index contributed by atoms with van der Waals surface area (Å²) in [5, 5.41) is 11.1. The van der Waals surface area contributed by atoms with Gasteiger partial charge >= 0.3 is 0 Å². The van der Waals surface area contributed by atoms with Crippen LogP contribution in [-0.2, 0) is 5.75 Å². The molecule has 0 saturated heterocycles. The van der Waals surface area contributed by atoms with E-state index < -0.39 is 0 Å². The topological polar surface area (TPSA) is 67.8 Å². The number of amides is 1. The normalized spacial score (nSPS) is 10.6. The zero-order valence-electron chi connectivity index (χ0n) is 12.1. The third-order valence-corrected chi connectivity index (χ3v) is 5.35. The Balaban J connectivity index is 1.59. The number of benzene rings is 1. The number of carbonyl (C=O) groups excluding carboxylic acids is 1. The summed E-state index contributed by atoms with van der Waals surface area (Å²) in [5.74, 6) is 0.0973. The number of nitrogens with one attached hydrogen (secondary N) is 1. The molecule has 3 aromatic rings. The molecule has 2 heterocycles. The fourth-order valence-electron chi connectivity index (χ4n) is 1.75. The van der Waals surface area contributed by atoms with Crippen LogP contribution in [0.4, 0.5) is 9.52 Å². The predicted molar refractivity (Wildman–Crippen MR) is 95.8 cm³/mol. The van der Waals surface area contributed by atoms with E-state index in [9.17, 15) is 9.18 Å². The van der Waals surface area contributed by atoms with E-state index in [0.29, 0.717) is 16.4 Å². The highest BCUT2D eigenvalue weighted by atomic mass is 79.9. The van der Waals surface area contributed by atoms with Crippen molar-refractivity contribution in [2.45, 2.75) is 10.1 Å². The van der Waals surface area contributed by atoms with Crippen LogP contribution in [0.2, 0.25) is 0 Å². The average molecular weight is 425 g/mol. The number of hydrogen-bond acceptors (Lipinski definition) is 6. The molecule has 3 rings (SSSR count). The summed E-state index contributed by atoms with van der Waals surface area (Å²) in [7, 11) is 0. The Morgan fingerprint density at radius 3 is 2.79 bits per heavy atom. The van der Waals surface area contributed by atoms with Gasteiger partial charge in [0.05, 0.1) is 5.56 Å². The monoisotopic (exact) mass is 424 g/mol. The highest BCUT2D eigenvalue weighted by Gasteiger charge is 2.11. The summed E-state index contributed by atoms with van der Waals surface area (Å²) in [4.78, 5) is 16.1. The van der Waals surface area contributed by atoms with Crippen LogP contribution in [0.3, 0.4) is 0 Å². The van der Waals surface area contributed by atoms with Crippen LogP contribution in [0.1, 0.15) is 15.9 Å². The van der Waals surface area contributed by atoms with Crippen molar-refractivity contribution in [3.63, 3.8) is 0 Å². The molecule has 0 aliphatic rings. The minimum absolute atomic E-state index is 0.258. The van der Waals surface area contributed by atoms with Crippen molar-refractivity contribution >= 4 is 50.1 Å². The third kappa shape index (κ3) is 4.59. The van der Waals surface area contributed by atoms with Crippen LogP contribution in [0, 0.1) is 5.82 Å². The molecule has 0 atom stereocenters. The first-order chi connectivity index (χ1) is 11.6. The van der Waals surface area contributed by atoms with Crippen LogP contribution in [0.15, 0.2) is 51.5 Å².